The van der Waals surface area contributed by atoms with Crippen LogP contribution in [0, 0.1) is 6.04 Å². The number of hydrogen-bond acceptors (Lipinski definition) is 3. The minimum Gasteiger partial charge on any atom is -0.450 e. The predicted octanol–water partition coefficient (Wildman–Crippen LogP) is -1.89. The second-order valence-corrected chi connectivity index (χ2v) is 4.97. The molecule has 3 fully saturated rings. The van der Waals surface area contributed by atoms with Gasteiger partial charge in [0.15, 0.2) is 0 Å². The summed E-state index contributed by atoms with van der Waals surface area (Å²) in [6, 6.07) is 2.56. The van der Waals surface area contributed by atoms with Gasteiger partial charge in [0.1, 0.15) is 0 Å². The van der Waals surface area contributed by atoms with Crippen molar-refractivity contribution in [2.24, 2.45) is 0 Å². The van der Waals surface area contributed by atoms with Crippen molar-refractivity contribution in [3.8, 4) is 0 Å². The van der Waals surface area contributed by atoms with Crippen LogP contribution >= 0.6 is 0 Å². The maximum absolute atomic E-state index is 5.39. The Bertz CT molecular complexity index is 221. The van der Waals surface area contributed by atoms with E-state index in [-0.39, 0.29) is 51.4 Å². The molecule has 3 aliphatic heterocycles. The van der Waals surface area contributed by atoms with Gasteiger partial charge in [0, 0.05) is 19.6 Å². The fraction of sp³-hybridized carbons (Fsp3) is 0.917. The minimum absolute atomic E-state index is 0. The molecule has 3 rings (SSSR count). The summed E-state index contributed by atoms with van der Waals surface area (Å²) in [5, 5.41) is 0. The largest absolute Gasteiger partial charge is 1.00 e. The van der Waals surface area contributed by atoms with E-state index in [1.54, 1.807) is 6.04 Å². The van der Waals surface area contributed by atoms with Crippen molar-refractivity contribution in [3.63, 3.8) is 0 Å². The van der Waals surface area contributed by atoms with Crippen LogP contribution in [-0.4, -0.2) is 55.2 Å². The Hall–Kier alpha value is 1.52. The van der Waals surface area contributed by atoms with E-state index < -0.39 is 0 Å². The first-order chi connectivity index (χ1) is 7.43. The molecule has 0 aromatic carbocycles. The van der Waals surface area contributed by atoms with Crippen molar-refractivity contribution in [1.29, 1.82) is 0 Å². The first-order valence-electron chi connectivity index (χ1n) is 6.35. The smallest absolute Gasteiger partial charge is 0.450 e. The minimum atomic E-state index is 0. The molecular weight excluding hydrogens is 227 g/mol. The van der Waals surface area contributed by atoms with Crippen LogP contribution in [0.3, 0.4) is 0 Å². The van der Waals surface area contributed by atoms with E-state index in [1.165, 1.54) is 38.8 Å². The number of ether oxygens (including phenoxy) is 1. The number of fused-ring (bicyclic) bond motifs is 1. The second-order valence-electron chi connectivity index (χ2n) is 4.97. The SMILES string of the molecule is C1C[C-]2CCC(CN3CCOCC3)N2C1.[K+]. The molecule has 1 unspecified atom stereocenters. The Kier molecular flexibility index (Phi) is 5.76. The zero-order valence-corrected chi connectivity index (χ0v) is 13.6. The quantitative estimate of drug-likeness (QED) is 0.420. The van der Waals surface area contributed by atoms with Crippen LogP contribution in [-0.2, 0) is 4.74 Å². The maximum atomic E-state index is 5.39. The Balaban J connectivity index is 0.000000963. The maximum Gasteiger partial charge on any atom is 1.00 e. The fourth-order valence-corrected chi connectivity index (χ4v) is 3.23. The van der Waals surface area contributed by atoms with Gasteiger partial charge in [0.25, 0.3) is 0 Å². The third kappa shape index (κ3) is 3.09. The first kappa shape index (κ1) is 13.9. The third-order valence-electron chi connectivity index (χ3n) is 4.05. The molecule has 0 saturated carbocycles. The van der Waals surface area contributed by atoms with Gasteiger partial charge in [-0.15, -0.1) is 0 Å². The molecule has 0 N–H and O–H groups in total. The van der Waals surface area contributed by atoms with Gasteiger partial charge in [-0.05, 0) is 12.6 Å². The van der Waals surface area contributed by atoms with E-state index in [0.717, 1.165) is 32.3 Å². The van der Waals surface area contributed by atoms with Crippen LogP contribution in [0.1, 0.15) is 25.7 Å². The van der Waals surface area contributed by atoms with Gasteiger partial charge in [-0.2, -0.15) is 12.8 Å². The summed E-state index contributed by atoms with van der Waals surface area (Å²) in [5.74, 6) is 0. The molecule has 0 aromatic rings. The topological polar surface area (TPSA) is 15.7 Å². The summed E-state index contributed by atoms with van der Waals surface area (Å²) in [7, 11) is 0. The second kappa shape index (κ2) is 6.62. The number of hydrogen-bond donors (Lipinski definition) is 0. The van der Waals surface area contributed by atoms with Crippen LogP contribution in [0.5, 0.6) is 0 Å². The Morgan fingerprint density at radius 2 is 1.94 bits per heavy atom. The molecule has 0 radical (unpaired) electrons. The molecule has 16 heavy (non-hydrogen) atoms. The van der Waals surface area contributed by atoms with Gasteiger partial charge < -0.3 is 9.64 Å². The van der Waals surface area contributed by atoms with Crippen molar-refractivity contribution < 1.29 is 56.1 Å². The molecule has 3 saturated heterocycles. The van der Waals surface area contributed by atoms with Gasteiger partial charge in [0.05, 0.1) is 13.2 Å². The van der Waals surface area contributed by atoms with Crippen molar-refractivity contribution in [2.75, 3.05) is 39.4 Å². The molecule has 86 valence electrons. The zero-order valence-electron chi connectivity index (χ0n) is 10.5. The van der Waals surface area contributed by atoms with Crippen molar-refractivity contribution in [1.82, 2.24) is 9.80 Å². The number of rotatable bonds is 2. The number of morpholine rings is 1. The zero-order chi connectivity index (χ0) is 10.1. The van der Waals surface area contributed by atoms with Gasteiger partial charge in [-0.3, -0.25) is 10.9 Å². The standard InChI is InChI=1S/C12H21N2O.K/c1-2-11-3-4-12(14(11)5-1)10-13-6-8-15-9-7-13;/h12H,1-10H2;/q-1;+1. The Morgan fingerprint density at radius 3 is 2.75 bits per heavy atom. The van der Waals surface area contributed by atoms with Crippen LogP contribution in [0.25, 0.3) is 0 Å². The number of nitrogens with zero attached hydrogens (tertiary/aromatic N) is 2. The summed E-state index contributed by atoms with van der Waals surface area (Å²) >= 11 is 0. The average Bonchev–Trinajstić information content (AvgIpc) is 2.85. The van der Waals surface area contributed by atoms with Crippen molar-refractivity contribution in [3.05, 3.63) is 6.04 Å². The van der Waals surface area contributed by atoms with E-state index in [1.807, 2.05) is 0 Å². The van der Waals surface area contributed by atoms with Gasteiger partial charge in [-0.25, -0.2) is 0 Å². The van der Waals surface area contributed by atoms with Gasteiger partial charge in [-0.1, -0.05) is 12.8 Å². The molecule has 0 spiro atoms. The van der Waals surface area contributed by atoms with E-state index in [4.69, 9.17) is 4.74 Å². The molecule has 1 atom stereocenters. The first-order valence-corrected chi connectivity index (χ1v) is 6.35. The van der Waals surface area contributed by atoms with Crippen molar-refractivity contribution in [2.45, 2.75) is 31.7 Å². The molecule has 0 aromatic heterocycles. The summed E-state index contributed by atoms with van der Waals surface area (Å²) < 4.78 is 5.39. The molecule has 3 aliphatic rings. The van der Waals surface area contributed by atoms with Gasteiger partial charge in [0.2, 0.25) is 0 Å². The predicted molar refractivity (Wildman–Crippen MR) is 59.5 cm³/mol. The summed E-state index contributed by atoms with van der Waals surface area (Å²) in [6.07, 6.45) is 5.54. The van der Waals surface area contributed by atoms with Crippen LogP contribution in [0.2, 0.25) is 0 Å². The van der Waals surface area contributed by atoms with Crippen LogP contribution in [0.15, 0.2) is 0 Å². The molecule has 4 heteroatoms. The van der Waals surface area contributed by atoms with E-state index >= 15 is 0 Å². The Morgan fingerprint density at radius 1 is 1.12 bits per heavy atom. The van der Waals surface area contributed by atoms with E-state index in [2.05, 4.69) is 9.80 Å². The van der Waals surface area contributed by atoms with Crippen LogP contribution < -0.4 is 51.4 Å². The summed E-state index contributed by atoms with van der Waals surface area (Å²) in [6.45, 7) is 6.74. The molecule has 0 aliphatic carbocycles. The Labute approximate surface area is 141 Å². The molecule has 0 bridgehead atoms. The molecule has 3 heterocycles. The van der Waals surface area contributed by atoms with Crippen LogP contribution in [0.4, 0.5) is 0 Å². The fourth-order valence-electron chi connectivity index (χ4n) is 3.23. The molecule has 0 amide bonds. The summed E-state index contributed by atoms with van der Waals surface area (Å²) in [5.41, 5.74) is 0. The van der Waals surface area contributed by atoms with E-state index in [0.29, 0.717) is 0 Å². The van der Waals surface area contributed by atoms with E-state index in [9.17, 15) is 0 Å². The molecular formula is C12H21KN2O. The third-order valence-corrected chi connectivity index (χ3v) is 4.05. The van der Waals surface area contributed by atoms with Gasteiger partial charge >= 0.3 is 51.4 Å². The average molecular weight is 248 g/mol. The summed E-state index contributed by atoms with van der Waals surface area (Å²) in [4.78, 5) is 5.27. The monoisotopic (exact) mass is 248 g/mol. The normalized spacial score (nSPS) is 32.6. The van der Waals surface area contributed by atoms with Crippen molar-refractivity contribution >= 4 is 0 Å². The molecule has 3 nitrogen and oxygen atoms in total.